The third-order valence-corrected chi connectivity index (χ3v) is 4.94. The van der Waals surface area contributed by atoms with E-state index in [-0.39, 0.29) is 18.1 Å². The van der Waals surface area contributed by atoms with Crippen molar-refractivity contribution in [2.75, 3.05) is 12.4 Å². The quantitative estimate of drug-likeness (QED) is 0.357. The van der Waals surface area contributed by atoms with E-state index in [0.717, 1.165) is 35.2 Å². The van der Waals surface area contributed by atoms with Crippen molar-refractivity contribution in [1.29, 1.82) is 0 Å². The van der Waals surface area contributed by atoms with Gasteiger partial charge in [-0.25, -0.2) is 4.98 Å². The Morgan fingerprint density at radius 2 is 2.04 bits per heavy atom. The predicted molar refractivity (Wildman–Crippen MR) is 99.6 cm³/mol. The largest absolute Gasteiger partial charge is 0.457 e. The van der Waals surface area contributed by atoms with Crippen LogP contribution in [0.2, 0.25) is 0 Å². The Bertz CT molecular complexity index is 925. The van der Waals surface area contributed by atoms with Crippen LogP contribution in [0.3, 0.4) is 0 Å². The number of fused-ring (bicyclic) bond motifs is 1. The van der Waals surface area contributed by atoms with Crippen molar-refractivity contribution in [2.24, 2.45) is 0 Å². The van der Waals surface area contributed by atoms with Crippen LogP contribution in [0.1, 0.15) is 28.7 Å². The third kappa shape index (κ3) is 3.83. The molecule has 26 heavy (non-hydrogen) atoms. The van der Waals surface area contributed by atoms with Crippen LogP contribution in [-0.4, -0.2) is 33.7 Å². The van der Waals surface area contributed by atoms with Gasteiger partial charge in [-0.05, 0) is 39.0 Å². The number of benzene rings is 1. The number of carbonyl (C=O) groups excluding carboxylic acids is 2. The van der Waals surface area contributed by atoms with Crippen molar-refractivity contribution in [1.82, 2.24) is 9.55 Å². The molecule has 3 rings (SSSR count). The fraction of sp³-hybridized carbons (Fsp3) is 0.316. The SMILES string of the molecule is CCn1c(C)cc(C(=O)COC(=O)CSc2nc3ccccc3o2)c1C. The maximum absolute atomic E-state index is 12.3. The second kappa shape index (κ2) is 7.78. The first-order valence-corrected chi connectivity index (χ1v) is 9.32. The van der Waals surface area contributed by atoms with Gasteiger partial charge in [0, 0.05) is 23.5 Å². The Labute approximate surface area is 155 Å². The summed E-state index contributed by atoms with van der Waals surface area (Å²) < 4.78 is 12.7. The van der Waals surface area contributed by atoms with Gasteiger partial charge in [-0.1, -0.05) is 23.9 Å². The number of para-hydroxylation sites is 2. The smallest absolute Gasteiger partial charge is 0.316 e. The molecule has 0 aliphatic rings. The lowest BCUT2D eigenvalue weighted by atomic mass is 10.1. The molecule has 0 aliphatic carbocycles. The molecule has 6 nitrogen and oxygen atoms in total. The van der Waals surface area contributed by atoms with Gasteiger partial charge >= 0.3 is 5.97 Å². The Morgan fingerprint density at radius 3 is 2.73 bits per heavy atom. The van der Waals surface area contributed by atoms with Crippen LogP contribution in [0.25, 0.3) is 11.1 Å². The van der Waals surface area contributed by atoms with Gasteiger partial charge in [-0.3, -0.25) is 9.59 Å². The minimum Gasteiger partial charge on any atom is -0.457 e. The molecule has 0 unspecified atom stereocenters. The van der Waals surface area contributed by atoms with E-state index in [1.807, 2.05) is 51.1 Å². The Morgan fingerprint density at radius 1 is 1.27 bits per heavy atom. The molecule has 0 radical (unpaired) electrons. The minimum absolute atomic E-state index is 0.0358. The van der Waals surface area contributed by atoms with Crippen LogP contribution in [0.5, 0.6) is 0 Å². The number of hydrogen-bond acceptors (Lipinski definition) is 6. The first-order chi connectivity index (χ1) is 12.5. The molecular weight excluding hydrogens is 352 g/mol. The predicted octanol–water partition coefficient (Wildman–Crippen LogP) is 3.78. The lowest BCUT2D eigenvalue weighted by molar-refractivity contribution is -0.139. The van der Waals surface area contributed by atoms with E-state index >= 15 is 0 Å². The number of oxazole rings is 1. The summed E-state index contributed by atoms with van der Waals surface area (Å²) in [5, 5.41) is 0.404. The average Bonchev–Trinajstić information content (AvgIpc) is 3.17. The van der Waals surface area contributed by atoms with E-state index in [9.17, 15) is 9.59 Å². The number of hydrogen-bond donors (Lipinski definition) is 0. The summed E-state index contributed by atoms with van der Waals surface area (Å²) >= 11 is 1.15. The molecule has 2 heterocycles. The molecule has 0 fully saturated rings. The first-order valence-electron chi connectivity index (χ1n) is 8.33. The molecule has 0 bridgehead atoms. The van der Waals surface area contributed by atoms with Crippen molar-refractivity contribution in [3.05, 3.63) is 47.3 Å². The fourth-order valence-corrected chi connectivity index (χ4v) is 3.51. The molecule has 0 aliphatic heterocycles. The summed E-state index contributed by atoms with van der Waals surface area (Å²) in [4.78, 5) is 28.5. The molecule has 0 spiro atoms. The van der Waals surface area contributed by atoms with Gasteiger partial charge in [0.25, 0.3) is 5.22 Å². The zero-order valence-electron chi connectivity index (χ0n) is 14.9. The number of aromatic nitrogens is 2. The van der Waals surface area contributed by atoms with E-state index in [4.69, 9.17) is 9.15 Å². The van der Waals surface area contributed by atoms with E-state index < -0.39 is 5.97 Å². The molecule has 2 aromatic heterocycles. The van der Waals surface area contributed by atoms with Crippen molar-refractivity contribution in [3.8, 4) is 0 Å². The molecule has 7 heteroatoms. The standard InChI is InChI=1S/C19H20N2O4S/c1-4-21-12(2)9-14(13(21)3)16(22)10-24-18(23)11-26-19-20-15-7-5-6-8-17(15)25-19/h5-9H,4,10-11H2,1-3H3. The van der Waals surface area contributed by atoms with E-state index in [1.54, 1.807) is 0 Å². The molecule has 0 N–H and O–H groups in total. The summed E-state index contributed by atoms with van der Waals surface area (Å²) in [6, 6.07) is 9.22. The molecular formula is C19H20N2O4S. The van der Waals surface area contributed by atoms with Crippen molar-refractivity contribution in [2.45, 2.75) is 32.5 Å². The number of thioether (sulfide) groups is 1. The van der Waals surface area contributed by atoms with Gasteiger partial charge in [0.15, 0.2) is 12.2 Å². The molecule has 136 valence electrons. The molecule has 0 saturated heterocycles. The summed E-state index contributed by atoms with van der Waals surface area (Å²) in [6.45, 7) is 6.41. The Kier molecular flexibility index (Phi) is 5.46. The number of rotatable bonds is 7. The van der Waals surface area contributed by atoms with Gasteiger partial charge in [0.1, 0.15) is 11.3 Å². The minimum atomic E-state index is -0.477. The average molecular weight is 372 g/mol. The van der Waals surface area contributed by atoms with Crippen LogP contribution < -0.4 is 0 Å². The van der Waals surface area contributed by atoms with Gasteiger partial charge in [0.2, 0.25) is 5.78 Å². The number of ether oxygens (including phenoxy) is 1. The fourth-order valence-electron chi connectivity index (χ4n) is 2.87. The zero-order valence-corrected chi connectivity index (χ0v) is 15.8. The third-order valence-electron chi connectivity index (χ3n) is 4.14. The second-order valence-electron chi connectivity index (χ2n) is 5.85. The maximum atomic E-state index is 12.3. The number of carbonyl (C=O) groups is 2. The normalized spacial score (nSPS) is 11.0. The zero-order chi connectivity index (χ0) is 18.7. The van der Waals surface area contributed by atoms with Crippen molar-refractivity contribution >= 4 is 34.6 Å². The maximum Gasteiger partial charge on any atom is 0.316 e. The van der Waals surface area contributed by atoms with Crippen LogP contribution in [-0.2, 0) is 16.1 Å². The van der Waals surface area contributed by atoms with E-state index in [1.165, 1.54) is 0 Å². The summed E-state index contributed by atoms with van der Waals surface area (Å²) in [7, 11) is 0. The lowest BCUT2D eigenvalue weighted by Crippen LogP contribution is -2.16. The van der Waals surface area contributed by atoms with Crippen molar-refractivity contribution in [3.63, 3.8) is 0 Å². The molecule has 3 aromatic rings. The highest BCUT2D eigenvalue weighted by molar-refractivity contribution is 7.99. The summed E-state index contributed by atoms with van der Waals surface area (Å²) in [5.41, 5.74) is 3.93. The molecule has 1 aromatic carbocycles. The number of nitrogens with zero attached hydrogens (tertiary/aromatic N) is 2. The van der Waals surface area contributed by atoms with Crippen LogP contribution in [0.4, 0.5) is 0 Å². The number of esters is 1. The van der Waals surface area contributed by atoms with Gasteiger partial charge in [0.05, 0.1) is 0 Å². The van der Waals surface area contributed by atoms with Crippen LogP contribution in [0, 0.1) is 13.8 Å². The van der Waals surface area contributed by atoms with Gasteiger partial charge < -0.3 is 13.7 Å². The highest BCUT2D eigenvalue weighted by atomic mass is 32.2. The highest BCUT2D eigenvalue weighted by Gasteiger charge is 2.17. The van der Waals surface area contributed by atoms with Crippen LogP contribution in [0.15, 0.2) is 40.0 Å². The number of Topliss-reactive ketones (excluding diaryl/α,β-unsaturated/α-hetero) is 1. The molecule has 0 amide bonds. The second-order valence-corrected chi connectivity index (χ2v) is 6.78. The topological polar surface area (TPSA) is 74.3 Å². The van der Waals surface area contributed by atoms with Gasteiger partial charge in [-0.15, -0.1) is 0 Å². The summed E-state index contributed by atoms with van der Waals surface area (Å²) in [5.74, 6) is -0.637. The van der Waals surface area contributed by atoms with Gasteiger partial charge in [-0.2, -0.15) is 0 Å². The Balaban J connectivity index is 1.53. The molecule has 0 atom stereocenters. The first kappa shape index (κ1) is 18.3. The summed E-state index contributed by atoms with van der Waals surface area (Å²) in [6.07, 6.45) is 0. The Hall–Kier alpha value is -2.54. The van der Waals surface area contributed by atoms with E-state index in [0.29, 0.717) is 16.4 Å². The van der Waals surface area contributed by atoms with E-state index in [2.05, 4.69) is 9.55 Å². The van der Waals surface area contributed by atoms with Crippen LogP contribution >= 0.6 is 11.8 Å². The monoisotopic (exact) mass is 372 g/mol. The lowest BCUT2D eigenvalue weighted by Gasteiger charge is -2.06. The molecule has 0 saturated carbocycles. The highest BCUT2D eigenvalue weighted by Crippen LogP contribution is 2.23. The van der Waals surface area contributed by atoms with Crippen molar-refractivity contribution < 1.29 is 18.7 Å². The number of aryl methyl sites for hydroxylation is 1. The number of ketones is 1.